The van der Waals surface area contributed by atoms with Crippen LogP contribution in [0.3, 0.4) is 0 Å². The largest absolute Gasteiger partial charge is 0.241 e. The summed E-state index contributed by atoms with van der Waals surface area (Å²) in [5.41, 5.74) is 2.18. The lowest BCUT2D eigenvalue weighted by Crippen LogP contribution is -2.24. The highest BCUT2D eigenvalue weighted by molar-refractivity contribution is 7.88. The number of rotatable bonds is 5. The zero-order valence-corrected chi connectivity index (χ0v) is 12.4. The Hall–Kier alpha value is -2.25. The quantitative estimate of drug-likeness (QED) is 0.783. The number of sulfonamides is 1. The minimum absolute atomic E-state index is 0.164. The Balaban J connectivity index is 1.71. The van der Waals surface area contributed by atoms with Gasteiger partial charge in [-0.2, -0.15) is 5.10 Å². The van der Waals surface area contributed by atoms with E-state index in [9.17, 15) is 12.8 Å². The average molecular weight is 319 g/mol. The van der Waals surface area contributed by atoms with Crippen molar-refractivity contribution >= 4 is 15.5 Å². The Morgan fingerprint density at radius 1 is 1.14 bits per heavy atom. The molecule has 2 heterocycles. The molecule has 0 atom stereocenters. The van der Waals surface area contributed by atoms with E-state index < -0.39 is 10.0 Å². The van der Waals surface area contributed by atoms with E-state index in [1.807, 2.05) is 18.2 Å². The van der Waals surface area contributed by atoms with E-state index in [2.05, 4.69) is 9.82 Å². The van der Waals surface area contributed by atoms with Gasteiger partial charge in [0, 0.05) is 18.3 Å². The zero-order valence-electron chi connectivity index (χ0n) is 11.6. The highest BCUT2D eigenvalue weighted by atomic mass is 32.2. The maximum absolute atomic E-state index is 12.8. The van der Waals surface area contributed by atoms with Crippen molar-refractivity contribution in [2.45, 2.75) is 12.3 Å². The number of fused-ring (bicyclic) bond motifs is 1. The van der Waals surface area contributed by atoms with Crippen LogP contribution in [-0.2, 0) is 22.3 Å². The van der Waals surface area contributed by atoms with Crippen LogP contribution in [0.5, 0.6) is 0 Å². The van der Waals surface area contributed by atoms with E-state index in [0.717, 1.165) is 11.1 Å². The van der Waals surface area contributed by atoms with Crippen molar-refractivity contribution in [1.82, 2.24) is 14.3 Å². The van der Waals surface area contributed by atoms with E-state index in [-0.39, 0.29) is 18.1 Å². The fraction of sp³-hybridized carbons (Fsp3) is 0.133. The zero-order chi connectivity index (χ0) is 15.6. The molecule has 5 nitrogen and oxygen atoms in total. The molecule has 0 radical (unpaired) electrons. The first-order valence-corrected chi connectivity index (χ1v) is 8.32. The summed E-state index contributed by atoms with van der Waals surface area (Å²) in [6.07, 6.45) is 3.43. The minimum atomic E-state index is -3.50. The normalized spacial score (nSPS) is 11.9. The Morgan fingerprint density at radius 2 is 1.91 bits per heavy atom. The summed E-state index contributed by atoms with van der Waals surface area (Å²) in [5, 5.41) is 4.15. The third-order valence-corrected chi connectivity index (χ3v) is 4.56. The Kier molecular flexibility index (Phi) is 3.91. The summed E-state index contributed by atoms with van der Waals surface area (Å²) >= 11 is 0. The molecular weight excluding hydrogens is 305 g/mol. The van der Waals surface area contributed by atoms with E-state index >= 15 is 0 Å². The van der Waals surface area contributed by atoms with Gasteiger partial charge in [-0.05, 0) is 29.8 Å². The number of halogens is 1. The Morgan fingerprint density at radius 3 is 2.68 bits per heavy atom. The third-order valence-electron chi connectivity index (χ3n) is 3.26. The molecule has 0 aliphatic carbocycles. The molecule has 0 spiro atoms. The van der Waals surface area contributed by atoms with Gasteiger partial charge in [0.05, 0.1) is 17.5 Å². The first-order valence-electron chi connectivity index (χ1n) is 6.66. The molecule has 0 bridgehead atoms. The lowest BCUT2D eigenvalue weighted by atomic mass is 10.2. The number of hydrogen-bond donors (Lipinski definition) is 1. The summed E-state index contributed by atoms with van der Waals surface area (Å²) in [6, 6.07) is 11.0. The van der Waals surface area contributed by atoms with E-state index in [1.165, 1.54) is 24.3 Å². The molecule has 0 fully saturated rings. The lowest BCUT2D eigenvalue weighted by molar-refractivity contribution is 0.580. The number of nitrogens with one attached hydrogen (secondary N) is 1. The van der Waals surface area contributed by atoms with Gasteiger partial charge < -0.3 is 0 Å². The van der Waals surface area contributed by atoms with Gasteiger partial charge in [0.15, 0.2) is 0 Å². The lowest BCUT2D eigenvalue weighted by Gasteiger charge is -2.06. The first-order chi connectivity index (χ1) is 10.5. The van der Waals surface area contributed by atoms with Gasteiger partial charge in [-0.3, -0.25) is 0 Å². The van der Waals surface area contributed by atoms with Crippen molar-refractivity contribution in [3.63, 3.8) is 0 Å². The number of pyridine rings is 1. The molecule has 0 unspecified atom stereocenters. The fourth-order valence-corrected chi connectivity index (χ4v) is 3.27. The van der Waals surface area contributed by atoms with E-state index in [0.29, 0.717) is 5.56 Å². The van der Waals surface area contributed by atoms with Crippen LogP contribution in [0.15, 0.2) is 54.9 Å². The second-order valence-corrected chi connectivity index (χ2v) is 6.71. The van der Waals surface area contributed by atoms with Gasteiger partial charge >= 0.3 is 0 Å². The molecule has 1 aromatic carbocycles. The summed E-state index contributed by atoms with van der Waals surface area (Å²) < 4.78 is 41.2. The summed E-state index contributed by atoms with van der Waals surface area (Å²) in [5.74, 6) is -0.576. The van der Waals surface area contributed by atoms with Crippen molar-refractivity contribution in [1.29, 1.82) is 0 Å². The first kappa shape index (κ1) is 14.7. The van der Waals surface area contributed by atoms with Crippen molar-refractivity contribution in [3.8, 4) is 0 Å². The molecule has 0 aliphatic heterocycles. The topological polar surface area (TPSA) is 63.5 Å². The van der Waals surface area contributed by atoms with Crippen LogP contribution >= 0.6 is 0 Å². The number of benzene rings is 1. The van der Waals surface area contributed by atoms with Crippen LogP contribution in [0.4, 0.5) is 4.39 Å². The molecular formula is C15H14FN3O2S. The smallest absolute Gasteiger partial charge is 0.216 e. The second-order valence-electron chi connectivity index (χ2n) is 4.91. The second kappa shape index (κ2) is 5.86. The molecule has 7 heteroatoms. The number of aromatic nitrogens is 2. The van der Waals surface area contributed by atoms with E-state index in [4.69, 9.17) is 0 Å². The molecule has 114 valence electrons. The van der Waals surface area contributed by atoms with Crippen LogP contribution in [0, 0.1) is 5.82 Å². The summed E-state index contributed by atoms with van der Waals surface area (Å²) in [6.45, 7) is 0.164. The molecule has 0 aliphatic rings. The van der Waals surface area contributed by atoms with Gasteiger partial charge in [-0.25, -0.2) is 22.0 Å². The molecule has 1 N–H and O–H groups in total. The molecule has 0 saturated heterocycles. The van der Waals surface area contributed by atoms with Gasteiger partial charge in [-0.15, -0.1) is 0 Å². The van der Waals surface area contributed by atoms with Crippen LogP contribution in [0.2, 0.25) is 0 Å². The number of nitrogens with zero attached hydrogens (tertiary/aromatic N) is 2. The van der Waals surface area contributed by atoms with Crippen LogP contribution in [0.1, 0.15) is 11.1 Å². The predicted molar refractivity (Wildman–Crippen MR) is 81.1 cm³/mol. The van der Waals surface area contributed by atoms with Crippen molar-refractivity contribution in [2.75, 3.05) is 0 Å². The minimum Gasteiger partial charge on any atom is -0.241 e. The highest BCUT2D eigenvalue weighted by Crippen LogP contribution is 2.11. The van der Waals surface area contributed by atoms with Crippen LogP contribution in [0.25, 0.3) is 5.52 Å². The Bertz CT molecular complexity index is 889. The maximum atomic E-state index is 12.8. The average Bonchev–Trinajstić information content (AvgIpc) is 2.91. The van der Waals surface area contributed by atoms with Crippen molar-refractivity contribution in [3.05, 3.63) is 71.8 Å². The fourth-order valence-electron chi connectivity index (χ4n) is 2.16. The SMILES string of the molecule is O=S(=O)(Cc1ccc(F)cc1)NCc1cnn2ccccc12. The maximum Gasteiger partial charge on any atom is 0.216 e. The van der Waals surface area contributed by atoms with Crippen LogP contribution in [-0.4, -0.2) is 18.0 Å². The number of hydrogen-bond acceptors (Lipinski definition) is 3. The molecule has 3 rings (SSSR count). The van der Waals surface area contributed by atoms with E-state index in [1.54, 1.807) is 16.9 Å². The highest BCUT2D eigenvalue weighted by Gasteiger charge is 2.13. The summed E-state index contributed by atoms with van der Waals surface area (Å²) in [7, 11) is -3.50. The Labute approximate surface area is 127 Å². The predicted octanol–water partition coefficient (Wildman–Crippen LogP) is 2.09. The van der Waals surface area contributed by atoms with Gasteiger partial charge in [0.2, 0.25) is 10.0 Å². The molecule has 22 heavy (non-hydrogen) atoms. The molecule has 3 aromatic rings. The van der Waals surface area contributed by atoms with Gasteiger partial charge in [-0.1, -0.05) is 18.2 Å². The van der Waals surface area contributed by atoms with Crippen molar-refractivity contribution in [2.24, 2.45) is 0 Å². The standard InChI is InChI=1S/C15H14FN3O2S/c16-14-6-4-12(5-7-14)11-22(20,21)18-10-13-9-17-19-8-2-1-3-15(13)19/h1-9,18H,10-11H2. The molecule has 0 amide bonds. The van der Waals surface area contributed by atoms with Gasteiger partial charge in [0.1, 0.15) is 5.82 Å². The van der Waals surface area contributed by atoms with Crippen molar-refractivity contribution < 1.29 is 12.8 Å². The van der Waals surface area contributed by atoms with Crippen LogP contribution < -0.4 is 4.72 Å². The molecule has 0 saturated carbocycles. The van der Waals surface area contributed by atoms with Gasteiger partial charge in [0.25, 0.3) is 0 Å². The third kappa shape index (κ3) is 3.32. The summed E-state index contributed by atoms with van der Waals surface area (Å²) in [4.78, 5) is 0. The monoisotopic (exact) mass is 319 g/mol. The molecule has 2 aromatic heterocycles.